The molecule has 1 unspecified atom stereocenters. The van der Waals surface area contributed by atoms with Gasteiger partial charge in [0.2, 0.25) is 0 Å². The molecular formula is C13H23NO6. The number of ether oxygens (including phenoxy) is 1. The van der Waals surface area contributed by atoms with E-state index in [1.54, 1.807) is 0 Å². The molecule has 0 fully saturated rings. The highest BCUT2D eigenvalue weighted by atomic mass is 16.5. The fraction of sp³-hybridized carbons (Fsp3) is 0.769. The molecule has 1 atom stereocenters. The molecule has 0 aromatic heterocycles. The van der Waals surface area contributed by atoms with Crippen LogP contribution in [0.15, 0.2) is 0 Å². The molecule has 0 aromatic carbocycles. The number of carboxylic acids is 2. The van der Waals surface area contributed by atoms with E-state index in [2.05, 4.69) is 20.8 Å². The Morgan fingerprint density at radius 3 is 2.20 bits per heavy atom. The molecule has 0 radical (unpaired) electrons. The molecule has 20 heavy (non-hydrogen) atoms. The van der Waals surface area contributed by atoms with Crippen molar-refractivity contribution in [3.05, 3.63) is 0 Å². The van der Waals surface area contributed by atoms with E-state index in [-0.39, 0.29) is 12.0 Å². The van der Waals surface area contributed by atoms with Crippen LogP contribution in [0, 0.1) is 5.41 Å². The fourth-order valence-electron chi connectivity index (χ4n) is 1.48. The number of amides is 1. The van der Waals surface area contributed by atoms with Crippen molar-refractivity contribution in [1.82, 2.24) is 5.32 Å². The van der Waals surface area contributed by atoms with Gasteiger partial charge in [0.05, 0.1) is 13.0 Å². The lowest BCUT2D eigenvalue weighted by Crippen LogP contribution is -2.42. The number of carbonyl (C=O) groups excluding carboxylic acids is 1. The SMILES string of the molecule is CC(C)(C)CCCCOC(=O)NC(CC(=O)O)C(=O)O. The highest BCUT2D eigenvalue weighted by Gasteiger charge is 2.23. The summed E-state index contributed by atoms with van der Waals surface area (Å²) in [6.45, 7) is 6.53. The summed E-state index contributed by atoms with van der Waals surface area (Å²) in [4.78, 5) is 32.5. The Kier molecular flexibility index (Phi) is 7.64. The highest BCUT2D eigenvalue weighted by Crippen LogP contribution is 2.21. The number of hydrogen-bond donors (Lipinski definition) is 3. The molecule has 0 bridgehead atoms. The van der Waals surface area contributed by atoms with Crippen LogP contribution in [0.2, 0.25) is 0 Å². The standard InChI is InChI=1S/C13H23NO6/c1-13(2,3)6-4-5-7-20-12(19)14-9(11(17)18)8-10(15)16/h9H,4-8H2,1-3H3,(H,14,19)(H,15,16)(H,17,18). The second kappa shape index (κ2) is 8.39. The number of alkyl carbamates (subject to hydrolysis) is 1. The van der Waals surface area contributed by atoms with E-state index < -0.39 is 30.5 Å². The summed E-state index contributed by atoms with van der Waals surface area (Å²) in [7, 11) is 0. The predicted octanol–water partition coefficient (Wildman–Crippen LogP) is 1.86. The lowest BCUT2D eigenvalue weighted by Gasteiger charge is -2.17. The topological polar surface area (TPSA) is 113 Å². The van der Waals surface area contributed by atoms with Gasteiger partial charge in [0, 0.05) is 0 Å². The van der Waals surface area contributed by atoms with Crippen molar-refractivity contribution in [1.29, 1.82) is 0 Å². The van der Waals surface area contributed by atoms with Crippen molar-refractivity contribution in [2.24, 2.45) is 5.41 Å². The van der Waals surface area contributed by atoms with E-state index in [9.17, 15) is 14.4 Å². The first-order valence-electron chi connectivity index (χ1n) is 6.50. The first-order chi connectivity index (χ1) is 9.11. The minimum Gasteiger partial charge on any atom is -0.481 e. The van der Waals surface area contributed by atoms with Gasteiger partial charge in [0.25, 0.3) is 0 Å². The van der Waals surface area contributed by atoms with Gasteiger partial charge in [0.1, 0.15) is 6.04 Å². The van der Waals surface area contributed by atoms with E-state index in [1.807, 2.05) is 5.32 Å². The maximum absolute atomic E-state index is 11.3. The maximum Gasteiger partial charge on any atom is 0.407 e. The Morgan fingerprint density at radius 2 is 1.75 bits per heavy atom. The third-order valence-electron chi connectivity index (χ3n) is 2.52. The molecule has 0 rings (SSSR count). The lowest BCUT2D eigenvalue weighted by atomic mass is 9.90. The number of unbranched alkanes of at least 4 members (excludes halogenated alkanes) is 1. The predicted molar refractivity (Wildman–Crippen MR) is 71.5 cm³/mol. The zero-order valence-corrected chi connectivity index (χ0v) is 12.1. The molecule has 3 N–H and O–H groups in total. The minimum absolute atomic E-state index is 0.182. The van der Waals surface area contributed by atoms with Gasteiger partial charge in [-0.05, 0) is 24.7 Å². The number of nitrogens with one attached hydrogen (secondary N) is 1. The number of carboxylic acid groups (broad SMARTS) is 2. The summed E-state index contributed by atoms with van der Waals surface area (Å²) in [5.41, 5.74) is 0.220. The van der Waals surface area contributed by atoms with Crippen LogP contribution in [0.5, 0.6) is 0 Å². The molecule has 116 valence electrons. The van der Waals surface area contributed by atoms with Gasteiger partial charge in [-0.15, -0.1) is 0 Å². The Labute approximate surface area is 118 Å². The van der Waals surface area contributed by atoms with Gasteiger partial charge in [-0.2, -0.15) is 0 Å². The van der Waals surface area contributed by atoms with E-state index >= 15 is 0 Å². The normalized spacial score (nSPS) is 12.6. The number of aliphatic carboxylic acids is 2. The molecule has 0 saturated carbocycles. The quantitative estimate of drug-likeness (QED) is 0.588. The van der Waals surface area contributed by atoms with Crippen molar-refractivity contribution in [2.75, 3.05) is 6.61 Å². The zero-order chi connectivity index (χ0) is 15.8. The second-order valence-electron chi connectivity index (χ2n) is 5.79. The second-order valence-corrected chi connectivity index (χ2v) is 5.79. The summed E-state index contributed by atoms with van der Waals surface area (Å²) >= 11 is 0. The zero-order valence-electron chi connectivity index (χ0n) is 12.1. The van der Waals surface area contributed by atoms with Gasteiger partial charge in [-0.3, -0.25) is 4.79 Å². The largest absolute Gasteiger partial charge is 0.481 e. The van der Waals surface area contributed by atoms with Crippen LogP contribution in [0.25, 0.3) is 0 Å². The molecule has 0 spiro atoms. The van der Waals surface area contributed by atoms with Crippen LogP contribution < -0.4 is 5.32 Å². The first kappa shape index (κ1) is 18.2. The van der Waals surface area contributed by atoms with Gasteiger partial charge >= 0.3 is 18.0 Å². The van der Waals surface area contributed by atoms with Crippen LogP contribution in [0.4, 0.5) is 4.79 Å². The van der Waals surface area contributed by atoms with Crippen LogP contribution in [-0.2, 0) is 14.3 Å². The highest BCUT2D eigenvalue weighted by molar-refractivity contribution is 5.84. The molecule has 0 aliphatic heterocycles. The fourth-order valence-corrected chi connectivity index (χ4v) is 1.48. The smallest absolute Gasteiger partial charge is 0.407 e. The molecule has 7 nitrogen and oxygen atoms in total. The van der Waals surface area contributed by atoms with Gasteiger partial charge in [-0.1, -0.05) is 20.8 Å². The molecule has 1 amide bonds. The van der Waals surface area contributed by atoms with E-state index in [0.717, 1.165) is 12.8 Å². The minimum atomic E-state index is -1.48. The van der Waals surface area contributed by atoms with Crippen molar-refractivity contribution >= 4 is 18.0 Å². The summed E-state index contributed by atoms with van der Waals surface area (Å²) in [5, 5.41) is 19.3. The number of hydrogen-bond acceptors (Lipinski definition) is 4. The van der Waals surface area contributed by atoms with Crippen LogP contribution in [-0.4, -0.2) is 40.9 Å². The van der Waals surface area contributed by atoms with Gasteiger partial charge < -0.3 is 20.3 Å². The molecule has 0 saturated heterocycles. The molecule has 0 aromatic rings. The van der Waals surface area contributed by atoms with Crippen LogP contribution in [0.1, 0.15) is 46.5 Å². The lowest BCUT2D eigenvalue weighted by molar-refractivity contribution is -0.145. The van der Waals surface area contributed by atoms with Crippen molar-refractivity contribution < 1.29 is 29.3 Å². The summed E-state index contributed by atoms with van der Waals surface area (Å²) < 4.78 is 4.81. The molecule has 0 heterocycles. The average molecular weight is 289 g/mol. The summed E-state index contributed by atoms with van der Waals surface area (Å²) in [6, 6.07) is -1.48. The third-order valence-corrected chi connectivity index (χ3v) is 2.52. The van der Waals surface area contributed by atoms with E-state index in [1.165, 1.54) is 0 Å². The summed E-state index contributed by atoms with van der Waals surface area (Å²) in [5.74, 6) is -2.71. The van der Waals surface area contributed by atoms with Gasteiger partial charge in [0.15, 0.2) is 0 Å². The number of carbonyl (C=O) groups is 3. The monoisotopic (exact) mass is 289 g/mol. The number of rotatable bonds is 8. The third kappa shape index (κ3) is 10.2. The molecular weight excluding hydrogens is 266 g/mol. The molecule has 0 aliphatic carbocycles. The molecule has 0 aliphatic rings. The molecule has 7 heteroatoms. The van der Waals surface area contributed by atoms with Crippen molar-refractivity contribution in [3.63, 3.8) is 0 Å². The van der Waals surface area contributed by atoms with Crippen LogP contribution >= 0.6 is 0 Å². The first-order valence-corrected chi connectivity index (χ1v) is 6.50. The Bertz CT molecular complexity index is 347. The summed E-state index contributed by atoms with van der Waals surface area (Å²) in [6.07, 6.45) is 0.980. The average Bonchev–Trinajstić information content (AvgIpc) is 2.25. The van der Waals surface area contributed by atoms with E-state index in [0.29, 0.717) is 6.42 Å². The van der Waals surface area contributed by atoms with E-state index in [4.69, 9.17) is 14.9 Å². The Balaban J connectivity index is 3.91. The van der Waals surface area contributed by atoms with Crippen LogP contribution in [0.3, 0.4) is 0 Å². The van der Waals surface area contributed by atoms with Crippen molar-refractivity contribution in [3.8, 4) is 0 Å². The van der Waals surface area contributed by atoms with Gasteiger partial charge in [-0.25, -0.2) is 9.59 Å². The maximum atomic E-state index is 11.3. The van der Waals surface area contributed by atoms with Crippen molar-refractivity contribution in [2.45, 2.75) is 52.5 Å². The Hall–Kier alpha value is -1.79. The Morgan fingerprint density at radius 1 is 1.15 bits per heavy atom.